The van der Waals surface area contributed by atoms with E-state index in [9.17, 15) is 9.59 Å². The van der Waals surface area contributed by atoms with Crippen LogP contribution in [0.4, 0.5) is 0 Å². The van der Waals surface area contributed by atoms with Crippen LogP contribution in [0.15, 0.2) is 0 Å². The molecule has 0 spiro atoms. The summed E-state index contributed by atoms with van der Waals surface area (Å²) in [5.74, 6) is 0.255. The van der Waals surface area contributed by atoms with Crippen LogP contribution < -0.4 is 11.1 Å². The van der Waals surface area contributed by atoms with Gasteiger partial charge < -0.3 is 16.0 Å². The summed E-state index contributed by atoms with van der Waals surface area (Å²) >= 11 is 0. The summed E-state index contributed by atoms with van der Waals surface area (Å²) in [5, 5.41) is 2.90. The Hall–Kier alpha value is -0.810. The molecule has 2 aliphatic rings. The SMILES string of the molecule is CC(=O)NC(C(=O)N1CCC(N)C(C)(C)C1)C1CCCC1.Cl. The molecular formula is C16H30ClN3O2. The van der Waals surface area contributed by atoms with Crippen molar-refractivity contribution >= 4 is 24.2 Å². The summed E-state index contributed by atoms with van der Waals surface area (Å²) in [6, 6.07) is -0.220. The average molecular weight is 332 g/mol. The van der Waals surface area contributed by atoms with Gasteiger partial charge in [-0.15, -0.1) is 12.4 Å². The van der Waals surface area contributed by atoms with Gasteiger partial charge in [-0.05, 0) is 30.6 Å². The number of nitrogens with zero attached hydrogens (tertiary/aromatic N) is 1. The molecule has 2 unspecified atom stereocenters. The Morgan fingerprint density at radius 1 is 1.23 bits per heavy atom. The third-order valence-electron chi connectivity index (χ3n) is 5.12. The van der Waals surface area contributed by atoms with Crippen molar-refractivity contribution in [3.8, 4) is 0 Å². The molecule has 0 aromatic rings. The number of amides is 2. The average Bonchev–Trinajstić information content (AvgIpc) is 2.92. The van der Waals surface area contributed by atoms with Crippen LogP contribution in [0.25, 0.3) is 0 Å². The van der Waals surface area contributed by atoms with Crippen LogP contribution in [0.2, 0.25) is 0 Å². The van der Waals surface area contributed by atoms with Gasteiger partial charge in [0.1, 0.15) is 6.04 Å². The lowest BCUT2D eigenvalue weighted by atomic mass is 9.79. The molecule has 2 amide bonds. The zero-order chi connectivity index (χ0) is 15.6. The first-order valence-corrected chi connectivity index (χ1v) is 8.13. The van der Waals surface area contributed by atoms with Gasteiger partial charge in [0.15, 0.2) is 0 Å². The molecule has 0 radical (unpaired) electrons. The Bertz CT molecular complexity index is 408. The van der Waals surface area contributed by atoms with E-state index in [1.807, 2.05) is 4.90 Å². The van der Waals surface area contributed by atoms with Gasteiger partial charge in [-0.2, -0.15) is 0 Å². The summed E-state index contributed by atoms with van der Waals surface area (Å²) < 4.78 is 0. The molecule has 2 rings (SSSR count). The van der Waals surface area contributed by atoms with E-state index >= 15 is 0 Å². The van der Waals surface area contributed by atoms with Crippen molar-refractivity contribution in [1.82, 2.24) is 10.2 Å². The molecule has 0 aromatic heterocycles. The largest absolute Gasteiger partial charge is 0.344 e. The van der Waals surface area contributed by atoms with Gasteiger partial charge in [0, 0.05) is 26.1 Å². The molecule has 3 N–H and O–H groups in total. The van der Waals surface area contributed by atoms with E-state index < -0.39 is 0 Å². The highest BCUT2D eigenvalue weighted by atomic mass is 35.5. The normalized spacial score (nSPS) is 26.2. The number of hydrogen-bond acceptors (Lipinski definition) is 3. The Kier molecular flexibility index (Phi) is 6.68. The number of nitrogens with two attached hydrogens (primary N) is 1. The van der Waals surface area contributed by atoms with Crippen molar-refractivity contribution in [1.29, 1.82) is 0 Å². The maximum Gasteiger partial charge on any atom is 0.245 e. The number of hydrogen-bond donors (Lipinski definition) is 2. The summed E-state index contributed by atoms with van der Waals surface area (Å²) in [7, 11) is 0. The maximum absolute atomic E-state index is 12.9. The predicted molar refractivity (Wildman–Crippen MR) is 89.8 cm³/mol. The Labute approximate surface area is 139 Å². The molecule has 1 heterocycles. The van der Waals surface area contributed by atoms with Gasteiger partial charge in [-0.1, -0.05) is 26.7 Å². The molecule has 1 saturated heterocycles. The Balaban J connectivity index is 0.00000242. The number of halogens is 1. The molecule has 1 aliphatic heterocycles. The third-order valence-corrected chi connectivity index (χ3v) is 5.12. The number of likely N-dealkylation sites (tertiary alicyclic amines) is 1. The fraction of sp³-hybridized carbons (Fsp3) is 0.875. The molecule has 1 saturated carbocycles. The van der Waals surface area contributed by atoms with Crippen LogP contribution in [0.1, 0.15) is 52.9 Å². The van der Waals surface area contributed by atoms with Crippen molar-refractivity contribution in [3.63, 3.8) is 0 Å². The second kappa shape index (κ2) is 7.64. The summed E-state index contributed by atoms with van der Waals surface area (Å²) in [6.07, 6.45) is 5.21. The van der Waals surface area contributed by atoms with Gasteiger partial charge in [-0.25, -0.2) is 0 Å². The van der Waals surface area contributed by atoms with E-state index in [2.05, 4.69) is 19.2 Å². The van der Waals surface area contributed by atoms with Gasteiger partial charge in [0.2, 0.25) is 11.8 Å². The number of carbonyl (C=O) groups is 2. The van der Waals surface area contributed by atoms with E-state index in [1.165, 1.54) is 6.92 Å². The highest BCUT2D eigenvalue weighted by Gasteiger charge is 2.40. The molecule has 0 aromatic carbocycles. The summed E-state index contributed by atoms with van der Waals surface area (Å²) in [5.41, 5.74) is 6.08. The van der Waals surface area contributed by atoms with Crippen molar-refractivity contribution in [2.24, 2.45) is 17.1 Å². The fourth-order valence-electron chi connectivity index (χ4n) is 3.65. The highest BCUT2D eigenvalue weighted by Crippen LogP contribution is 2.32. The van der Waals surface area contributed by atoms with E-state index in [-0.39, 0.29) is 41.7 Å². The third kappa shape index (κ3) is 4.35. The van der Waals surface area contributed by atoms with Gasteiger partial charge in [0.05, 0.1) is 0 Å². The van der Waals surface area contributed by atoms with Gasteiger partial charge >= 0.3 is 0 Å². The number of piperidine rings is 1. The van der Waals surface area contributed by atoms with E-state index in [1.54, 1.807) is 0 Å². The van der Waals surface area contributed by atoms with Gasteiger partial charge in [-0.3, -0.25) is 9.59 Å². The maximum atomic E-state index is 12.9. The summed E-state index contributed by atoms with van der Waals surface area (Å²) in [4.78, 5) is 26.3. The van der Waals surface area contributed by atoms with Gasteiger partial charge in [0.25, 0.3) is 0 Å². The van der Waals surface area contributed by atoms with Crippen molar-refractivity contribution in [3.05, 3.63) is 0 Å². The van der Waals surface area contributed by atoms with Crippen LogP contribution in [0, 0.1) is 11.3 Å². The minimum absolute atomic E-state index is 0. The van der Waals surface area contributed by atoms with Crippen molar-refractivity contribution < 1.29 is 9.59 Å². The first-order chi connectivity index (χ1) is 9.81. The Morgan fingerprint density at radius 2 is 1.82 bits per heavy atom. The molecular weight excluding hydrogens is 302 g/mol. The standard InChI is InChI=1S/C16H29N3O2.ClH/c1-11(20)18-14(12-6-4-5-7-12)15(21)19-9-8-13(17)16(2,3)10-19;/h12-14H,4-10,17H2,1-3H3,(H,18,20);1H. The zero-order valence-corrected chi connectivity index (χ0v) is 14.7. The fourth-order valence-corrected chi connectivity index (χ4v) is 3.65. The molecule has 6 heteroatoms. The minimum Gasteiger partial charge on any atom is -0.344 e. The smallest absolute Gasteiger partial charge is 0.245 e. The van der Waals surface area contributed by atoms with Crippen molar-refractivity contribution in [2.75, 3.05) is 13.1 Å². The lowest BCUT2D eigenvalue weighted by molar-refractivity contribution is -0.140. The Morgan fingerprint density at radius 3 is 2.32 bits per heavy atom. The number of carbonyl (C=O) groups excluding carboxylic acids is 2. The lowest BCUT2D eigenvalue weighted by Crippen LogP contribution is -2.59. The first kappa shape index (κ1) is 19.2. The molecule has 1 aliphatic carbocycles. The number of rotatable bonds is 3. The van der Waals surface area contributed by atoms with Crippen molar-refractivity contribution in [2.45, 2.75) is 65.0 Å². The van der Waals surface area contributed by atoms with Crippen LogP contribution in [-0.2, 0) is 9.59 Å². The second-order valence-electron chi connectivity index (χ2n) is 7.37. The van der Waals surface area contributed by atoms with Crippen LogP contribution >= 0.6 is 12.4 Å². The molecule has 22 heavy (non-hydrogen) atoms. The van der Waals surface area contributed by atoms with Crippen LogP contribution in [-0.4, -0.2) is 41.9 Å². The minimum atomic E-state index is -0.352. The molecule has 2 fully saturated rings. The quantitative estimate of drug-likeness (QED) is 0.826. The van der Waals surface area contributed by atoms with E-state index in [0.29, 0.717) is 19.0 Å². The molecule has 5 nitrogen and oxygen atoms in total. The zero-order valence-electron chi connectivity index (χ0n) is 13.9. The second-order valence-corrected chi connectivity index (χ2v) is 7.37. The molecule has 0 bridgehead atoms. The highest BCUT2D eigenvalue weighted by molar-refractivity contribution is 5.87. The van der Waals surface area contributed by atoms with Crippen LogP contribution in [0.5, 0.6) is 0 Å². The molecule has 128 valence electrons. The van der Waals surface area contributed by atoms with E-state index in [4.69, 9.17) is 5.73 Å². The monoisotopic (exact) mass is 331 g/mol. The predicted octanol–water partition coefficient (Wildman–Crippen LogP) is 1.69. The summed E-state index contributed by atoms with van der Waals surface area (Å²) in [6.45, 7) is 7.09. The topological polar surface area (TPSA) is 75.4 Å². The first-order valence-electron chi connectivity index (χ1n) is 8.13. The van der Waals surface area contributed by atoms with E-state index in [0.717, 1.165) is 32.1 Å². The van der Waals surface area contributed by atoms with Crippen LogP contribution in [0.3, 0.4) is 0 Å². The lowest BCUT2D eigenvalue weighted by Gasteiger charge is -2.44. The molecule has 2 atom stereocenters. The number of nitrogens with one attached hydrogen (secondary N) is 1.